The molecule has 11 heteroatoms. The first-order valence-corrected chi connectivity index (χ1v) is 10.3. The summed E-state index contributed by atoms with van der Waals surface area (Å²) >= 11 is 0. The van der Waals surface area contributed by atoms with Gasteiger partial charge in [-0.15, -0.1) is 0 Å². The molecule has 0 fully saturated rings. The number of likely N-dealkylation sites (N-methyl/N-ethyl adjacent to an activating group) is 1. The van der Waals surface area contributed by atoms with Crippen LogP contribution in [0.4, 0.5) is 24.7 Å². The lowest BCUT2D eigenvalue weighted by atomic mass is 10.2. The molecule has 0 spiro atoms. The molecule has 182 valence electrons. The molecule has 35 heavy (non-hydrogen) atoms. The van der Waals surface area contributed by atoms with E-state index < -0.39 is 17.7 Å². The van der Waals surface area contributed by atoms with Gasteiger partial charge in [0.2, 0.25) is 6.41 Å². The number of halogens is 3. The Morgan fingerprint density at radius 3 is 2.71 bits per heavy atom. The monoisotopic (exact) mass is 485 g/mol. The summed E-state index contributed by atoms with van der Waals surface area (Å²) in [6, 6.07) is 6.52. The zero-order valence-corrected chi connectivity index (χ0v) is 18.7. The zero-order valence-electron chi connectivity index (χ0n) is 18.7. The molecule has 0 aliphatic rings. The number of aliphatic carboxylic acids is 1. The van der Waals surface area contributed by atoms with Gasteiger partial charge < -0.3 is 15.0 Å². The first kappa shape index (κ1) is 25.2. The molecule has 0 saturated carbocycles. The van der Waals surface area contributed by atoms with Crippen LogP contribution in [0, 0.1) is 0 Å². The molecule has 0 bridgehead atoms. The Bertz CT molecular complexity index is 1300. The summed E-state index contributed by atoms with van der Waals surface area (Å²) in [4.78, 5) is 37.2. The van der Waals surface area contributed by atoms with Crippen LogP contribution >= 0.6 is 0 Å². The third-order valence-electron chi connectivity index (χ3n) is 4.89. The van der Waals surface area contributed by atoms with E-state index in [0.29, 0.717) is 29.1 Å². The lowest BCUT2D eigenvalue weighted by Gasteiger charge is -2.25. The molecule has 3 rings (SSSR count). The van der Waals surface area contributed by atoms with Crippen molar-refractivity contribution in [2.75, 3.05) is 23.4 Å². The minimum absolute atomic E-state index is 0.246. The Morgan fingerprint density at radius 2 is 2.06 bits per heavy atom. The van der Waals surface area contributed by atoms with Crippen molar-refractivity contribution in [3.05, 3.63) is 84.5 Å². The number of fused-ring (bicyclic) bond motifs is 1. The number of nitrogens with zero attached hydrogens (tertiary/aromatic N) is 4. The van der Waals surface area contributed by atoms with Gasteiger partial charge >= 0.3 is 12.1 Å². The number of aromatic nitrogens is 3. The van der Waals surface area contributed by atoms with Crippen molar-refractivity contribution in [1.82, 2.24) is 15.0 Å². The number of aromatic amines is 1. The lowest BCUT2D eigenvalue weighted by molar-refractivity contribution is -0.137. The highest BCUT2D eigenvalue weighted by Crippen LogP contribution is 2.31. The molecular weight excluding hydrogens is 463 g/mol. The van der Waals surface area contributed by atoms with Crippen LogP contribution in [0.5, 0.6) is 0 Å². The van der Waals surface area contributed by atoms with Gasteiger partial charge in [-0.1, -0.05) is 18.7 Å². The number of imidazole rings is 1. The molecule has 3 aromatic rings. The van der Waals surface area contributed by atoms with Crippen LogP contribution in [0.2, 0.25) is 0 Å². The van der Waals surface area contributed by atoms with Crippen LogP contribution in [0.15, 0.2) is 73.1 Å². The average molecular weight is 485 g/mol. The number of rotatable bonds is 10. The number of H-pyrrole nitrogens is 1. The molecule has 8 nitrogen and oxygen atoms in total. The van der Waals surface area contributed by atoms with Gasteiger partial charge in [-0.05, 0) is 42.5 Å². The fourth-order valence-electron chi connectivity index (χ4n) is 3.37. The maximum Gasteiger partial charge on any atom is 0.416 e. The largest absolute Gasteiger partial charge is 0.480 e. The minimum atomic E-state index is -4.45. The number of hydrogen-bond acceptors (Lipinski definition) is 5. The predicted molar refractivity (Wildman–Crippen MR) is 126 cm³/mol. The van der Waals surface area contributed by atoms with Gasteiger partial charge in [0.25, 0.3) is 0 Å². The Kier molecular flexibility index (Phi) is 7.69. The van der Waals surface area contributed by atoms with E-state index in [-0.39, 0.29) is 24.3 Å². The number of carbonyl (C=O) groups is 2. The second kappa shape index (κ2) is 10.7. The molecule has 0 unspecified atom stereocenters. The Hall–Kier alpha value is -4.41. The Morgan fingerprint density at radius 1 is 1.29 bits per heavy atom. The van der Waals surface area contributed by atoms with Gasteiger partial charge in [0.05, 0.1) is 22.3 Å². The van der Waals surface area contributed by atoms with Gasteiger partial charge in [0, 0.05) is 25.4 Å². The van der Waals surface area contributed by atoms with Crippen molar-refractivity contribution >= 4 is 34.9 Å². The minimum Gasteiger partial charge on any atom is -0.480 e. The number of carboxylic acid groups (broad SMARTS) is 1. The highest BCUT2D eigenvalue weighted by Gasteiger charge is 2.30. The number of carbonyl (C=O) groups excluding carboxylic acids is 1. The quantitative estimate of drug-likeness (QED) is 0.327. The maximum absolute atomic E-state index is 12.9. The van der Waals surface area contributed by atoms with Crippen molar-refractivity contribution in [2.24, 2.45) is 0 Å². The van der Waals surface area contributed by atoms with E-state index in [4.69, 9.17) is 5.11 Å². The number of amides is 1. The van der Waals surface area contributed by atoms with E-state index in [2.05, 4.69) is 21.5 Å². The van der Waals surface area contributed by atoms with Gasteiger partial charge in [0.1, 0.15) is 12.4 Å². The van der Waals surface area contributed by atoms with Gasteiger partial charge in [-0.2, -0.15) is 13.2 Å². The summed E-state index contributed by atoms with van der Waals surface area (Å²) in [5.74, 6) is -0.339. The Balaban J connectivity index is 1.86. The van der Waals surface area contributed by atoms with Crippen molar-refractivity contribution in [1.29, 1.82) is 0 Å². The standard InChI is InChI=1S/C24H22F3N5O3/c1-3-6-17(32(15-33)20-8-5-12-28-23(20)31(2)14-22(34)35)7-4-9-21-29-18-11-10-16(24(25,26)27)13-19(18)30-21/h3-8,10-13,15H,1,9,14H2,2H3,(H,29,30)(H,34,35)/b7-4-,17-6+. The number of nitrogens with one attached hydrogen (secondary N) is 1. The zero-order chi connectivity index (χ0) is 25.6. The molecule has 0 radical (unpaired) electrons. The molecule has 0 saturated heterocycles. The Labute approximate surface area is 198 Å². The molecule has 2 heterocycles. The van der Waals surface area contributed by atoms with Crippen LogP contribution < -0.4 is 9.80 Å². The lowest BCUT2D eigenvalue weighted by Crippen LogP contribution is -2.29. The van der Waals surface area contributed by atoms with Crippen LogP contribution in [0.1, 0.15) is 11.4 Å². The molecule has 1 aromatic carbocycles. The second-order valence-corrected chi connectivity index (χ2v) is 7.42. The third-order valence-corrected chi connectivity index (χ3v) is 4.89. The highest BCUT2D eigenvalue weighted by molar-refractivity contribution is 5.88. The average Bonchev–Trinajstić information content (AvgIpc) is 3.21. The summed E-state index contributed by atoms with van der Waals surface area (Å²) in [5, 5.41) is 9.10. The number of benzene rings is 1. The summed E-state index contributed by atoms with van der Waals surface area (Å²) < 4.78 is 38.8. The van der Waals surface area contributed by atoms with Gasteiger partial charge in [0.15, 0.2) is 5.82 Å². The smallest absolute Gasteiger partial charge is 0.416 e. The van der Waals surface area contributed by atoms with Crippen LogP contribution in [0.3, 0.4) is 0 Å². The SMILES string of the molecule is C=C/C=C(\C=C/Cc1nc2ccc(C(F)(F)F)cc2[nH]1)N(C=O)c1cccnc1N(C)CC(=O)O. The van der Waals surface area contributed by atoms with Crippen molar-refractivity contribution in [3.8, 4) is 0 Å². The summed E-state index contributed by atoms with van der Waals surface area (Å²) in [6.07, 6.45) is 4.21. The molecule has 0 atom stereocenters. The topological polar surface area (TPSA) is 102 Å². The number of carboxylic acids is 1. The number of anilines is 2. The first-order valence-electron chi connectivity index (χ1n) is 10.3. The fourth-order valence-corrected chi connectivity index (χ4v) is 3.37. The van der Waals surface area contributed by atoms with Crippen molar-refractivity contribution < 1.29 is 27.9 Å². The van der Waals surface area contributed by atoms with E-state index >= 15 is 0 Å². The van der Waals surface area contributed by atoms with E-state index in [9.17, 15) is 22.8 Å². The molecule has 1 amide bonds. The van der Waals surface area contributed by atoms with E-state index in [1.165, 1.54) is 28.1 Å². The molecule has 0 aliphatic carbocycles. The second-order valence-electron chi connectivity index (χ2n) is 7.42. The van der Waals surface area contributed by atoms with Crippen molar-refractivity contribution in [2.45, 2.75) is 12.6 Å². The van der Waals surface area contributed by atoms with Crippen LogP contribution in [-0.4, -0.2) is 46.0 Å². The third kappa shape index (κ3) is 6.14. The number of alkyl halides is 3. The molecule has 2 aromatic heterocycles. The predicted octanol–water partition coefficient (Wildman–Crippen LogP) is 4.33. The maximum atomic E-state index is 12.9. The molecule has 0 aliphatic heterocycles. The summed E-state index contributed by atoms with van der Waals surface area (Å²) in [7, 11) is 1.54. The first-order chi connectivity index (χ1) is 16.6. The summed E-state index contributed by atoms with van der Waals surface area (Å²) in [5.41, 5.74) is 0.657. The van der Waals surface area contributed by atoms with E-state index in [1.54, 1.807) is 37.4 Å². The van der Waals surface area contributed by atoms with Gasteiger partial charge in [-0.25, -0.2) is 9.97 Å². The normalized spacial score (nSPS) is 12.2. The molecule has 2 N–H and O–H groups in total. The number of hydrogen-bond donors (Lipinski definition) is 2. The van der Waals surface area contributed by atoms with Crippen LogP contribution in [-0.2, 0) is 22.2 Å². The fraction of sp³-hybridized carbons (Fsp3) is 0.167. The summed E-state index contributed by atoms with van der Waals surface area (Å²) in [6.45, 7) is 3.34. The number of pyridine rings is 1. The highest BCUT2D eigenvalue weighted by atomic mass is 19.4. The van der Waals surface area contributed by atoms with Crippen LogP contribution in [0.25, 0.3) is 11.0 Å². The van der Waals surface area contributed by atoms with Gasteiger partial charge in [-0.3, -0.25) is 14.5 Å². The molecular formula is C24H22F3N5O3. The van der Waals surface area contributed by atoms with E-state index in [0.717, 1.165) is 12.1 Å². The number of allylic oxidation sites excluding steroid dienone is 4. The van der Waals surface area contributed by atoms with Crippen molar-refractivity contribution in [3.63, 3.8) is 0 Å². The van der Waals surface area contributed by atoms with E-state index in [1.807, 2.05) is 0 Å².